The number of para-hydroxylation sites is 1. The lowest BCUT2D eigenvalue weighted by Gasteiger charge is -2.39. The zero-order valence-electron chi connectivity index (χ0n) is 26.4. The van der Waals surface area contributed by atoms with E-state index in [9.17, 15) is 0 Å². The monoisotopic (exact) mass is 600 g/mol. The summed E-state index contributed by atoms with van der Waals surface area (Å²) in [5, 5.41) is 0. The molecule has 1 heteroatoms. The number of ether oxygens (including phenoxy) is 1. The van der Waals surface area contributed by atoms with Crippen molar-refractivity contribution in [3.8, 4) is 56.0 Å². The van der Waals surface area contributed by atoms with Gasteiger partial charge in [0.2, 0.25) is 0 Å². The summed E-state index contributed by atoms with van der Waals surface area (Å²) in [5.41, 5.74) is 17.5. The van der Waals surface area contributed by atoms with Crippen molar-refractivity contribution in [1.29, 1.82) is 0 Å². The van der Waals surface area contributed by atoms with Crippen molar-refractivity contribution in [3.63, 3.8) is 0 Å². The van der Waals surface area contributed by atoms with Crippen molar-refractivity contribution in [2.45, 2.75) is 24.7 Å². The largest absolute Gasteiger partial charge is 0.457 e. The molecule has 0 amide bonds. The third kappa shape index (κ3) is 3.44. The van der Waals surface area contributed by atoms with Crippen molar-refractivity contribution >= 4 is 0 Å². The molecule has 47 heavy (non-hydrogen) atoms. The summed E-state index contributed by atoms with van der Waals surface area (Å²) in [7, 11) is 0. The van der Waals surface area contributed by atoms with Crippen LogP contribution in [0.4, 0.5) is 0 Å². The van der Waals surface area contributed by atoms with Crippen LogP contribution in [0.5, 0.6) is 11.5 Å². The van der Waals surface area contributed by atoms with Gasteiger partial charge in [-0.2, -0.15) is 0 Å². The molecule has 3 aliphatic rings. The zero-order valence-corrected chi connectivity index (χ0v) is 26.4. The molecule has 0 atom stereocenters. The molecule has 0 aromatic heterocycles. The lowest BCUT2D eigenvalue weighted by Crippen LogP contribution is -2.32. The fourth-order valence-corrected chi connectivity index (χ4v) is 8.90. The predicted octanol–water partition coefficient (Wildman–Crippen LogP) is 11.8. The lowest BCUT2D eigenvalue weighted by atomic mass is 9.66. The van der Waals surface area contributed by atoms with E-state index in [4.69, 9.17) is 4.74 Å². The Bertz CT molecular complexity index is 2380. The lowest BCUT2D eigenvalue weighted by molar-refractivity contribution is 0.436. The maximum absolute atomic E-state index is 6.68. The first-order valence-electron chi connectivity index (χ1n) is 16.5. The van der Waals surface area contributed by atoms with Gasteiger partial charge in [-0.3, -0.25) is 0 Å². The Balaban J connectivity index is 1.19. The highest BCUT2D eigenvalue weighted by atomic mass is 16.5. The van der Waals surface area contributed by atoms with E-state index < -0.39 is 5.41 Å². The van der Waals surface area contributed by atoms with E-state index in [0.29, 0.717) is 0 Å². The number of fused-ring (bicyclic) bond motifs is 12. The molecule has 7 aromatic carbocycles. The van der Waals surface area contributed by atoms with Crippen LogP contribution in [-0.4, -0.2) is 0 Å². The molecule has 0 N–H and O–H groups in total. The van der Waals surface area contributed by atoms with Crippen LogP contribution in [0.2, 0.25) is 0 Å². The van der Waals surface area contributed by atoms with Crippen LogP contribution in [0.1, 0.15) is 47.2 Å². The van der Waals surface area contributed by atoms with E-state index in [1.807, 2.05) is 0 Å². The minimum Gasteiger partial charge on any atom is -0.457 e. The molecule has 10 rings (SSSR count). The minimum atomic E-state index is -0.472. The molecule has 7 aromatic rings. The molecule has 1 spiro atoms. The Labute approximate surface area is 275 Å². The van der Waals surface area contributed by atoms with Crippen LogP contribution in [0.3, 0.4) is 0 Å². The average molecular weight is 601 g/mol. The van der Waals surface area contributed by atoms with Crippen molar-refractivity contribution in [3.05, 3.63) is 191 Å². The quantitative estimate of drug-likeness (QED) is 0.192. The van der Waals surface area contributed by atoms with Gasteiger partial charge in [-0.25, -0.2) is 0 Å². The number of hydrogen-bond donors (Lipinski definition) is 0. The molecule has 1 nitrogen and oxygen atoms in total. The van der Waals surface area contributed by atoms with Gasteiger partial charge in [-0.05, 0) is 91.0 Å². The van der Waals surface area contributed by atoms with Crippen LogP contribution in [0.15, 0.2) is 158 Å². The molecule has 0 fully saturated rings. The fraction of sp³-hybridized carbons (Fsp3) is 0.0870. The van der Waals surface area contributed by atoms with Crippen molar-refractivity contribution in [2.75, 3.05) is 0 Å². The summed E-state index contributed by atoms with van der Waals surface area (Å²) in [6.45, 7) is 4.70. The van der Waals surface area contributed by atoms with Crippen LogP contribution in [0.25, 0.3) is 44.5 Å². The van der Waals surface area contributed by atoms with Crippen molar-refractivity contribution in [1.82, 2.24) is 0 Å². The smallest absolute Gasteiger partial charge is 0.132 e. The van der Waals surface area contributed by atoms with E-state index >= 15 is 0 Å². The molecule has 2 aliphatic carbocycles. The number of hydrogen-bond acceptors (Lipinski definition) is 1. The highest BCUT2D eigenvalue weighted by molar-refractivity contribution is 5.94. The second-order valence-electron chi connectivity index (χ2n) is 13.6. The molecule has 1 heterocycles. The Kier molecular flexibility index (Phi) is 5.33. The van der Waals surface area contributed by atoms with Crippen molar-refractivity contribution < 1.29 is 4.74 Å². The van der Waals surface area contributed by atoms with Gasteiger partial charge in [0.25, 0.3) is 0 Å². The summed E-state index contributed by atoms with van der Waals surface area (Å²) in [5.74, 6) is 1.83. The summed E-state index contributed by atoms with van der Waals surface area (Å²) in [6.07, 6.45) is 0. The van der Waals surface area contributed by atoms with Gasteiger partial charge in [0.15, 0.2) is 0 Å². The molecule has 0 radical (unpaired) electrons. The first-order chi connectivity index (χ1) is 23.1. The molecular formula is C46H32O. The van der Waals surface area contributed by atoms with E-state index in [1.54, 1.807) is 0 Å². The molecule has 0 bridgehead atoms. The second-order valence-corrected chi connectivity index (χ2v) is 13.6. The fourth-order valence-electron chi connectivity index (χ4n) is 8.90. The van der Waals surface area contributed by atoms with Crippen LogP contribution in [0, 0.1) is 0 Å². The predicted molar refractivity (Wildman–Crippen MR) is 192 cm³/mol. The summed E-state index contributed by atoms with van der Waals surface area (Å²) < 4.78 is 6.68. The number of benzene rings is 7. The van der Waals surface area contributed by atoms with Crippen molar-refractivity contribution in [2.24, 2.45) is 0 Å². The van der Waals surface area contributed by atoms with Gasteiger partial charge >= 0.3 is 0 Å². The minimum absolute atomic E-state index is 0.0312. The highest BCUT2D eigenvalue weighted by Crippen LogP contribution is 2.62. The molecule has 0 unspecified atom stereocenters. The Morgan fingerprint density at radius 2 is 0.894 bits per heavy atom. The summed E-state index contributed by atoms with van der Waals surface area (Å²) >= 11 is 0. The molecule has 222 valence electrons. The topological polar surface area (TPSA) is 9.23 Å². The molecular weight excluding hydrogens is 569 g/mol. The zero-order chi connectivity index (χ0) is 31.3. The summed E-state index contributed by atoms with van der Waals surface area (Å²) in [6, 6.07) is 58.0. The average Bonchev–Trinajstić information content (AvgIpc) is 3.55. The first kappa shape index (κ1) is 26.5. The van der Waals surface area contributed by atoms with E-state index in [1.165, 1.54) is 77.9 Å². The molecule has 1 aliphatic heterocycles. The van der Waals surface area contributed by atoms with E-state index in [-0.39, 0.29) is 5.41 Å². The van der Waals surface area contributed by atoms with Crippen LogP contribution in [-0.2, 0) is 10.8 Å². The standard InChI is InChI=1S/C46H32O/c1-45(2)36-19-6-5-17-35(36)44-32(18-12-23-40(44)45)31-14-11-13-29(27-31)30-25-26-43-41(28-30)46(39-22-9-10-24-42(39)47-43)37-20-7-3-15-33(37)34-16-4-8-21-38(34)46/h3-28H,1-2H3. The van der Waals surface area contributed by atoms with Gasteiger partial charge in [0, 0.05) is 16.5 Å². The second kappa shape index (κ2) is 9.44. The highest BCUT2D eigenvalue weighted by Gasteiger charge is 2.51. The number of rotatable bonds is 2. The van der Waals surface area contributed by atoms with Gasteiger partial charge in [-0.15, -0.1) is 0 Å². The Morgan fingerprint density at radius 1 is 0.362 bits per heavy atom. The first-order valence-corrected chi connectivity index (χ1v) is 16.5. The van der Waals surface area contributed by atoms with Gasteiger partial charge < -0.3 is 4.74 Å². The van der Waals surface area contributed by atoms with E-state index in [0.717, 1.165) is 11.5 Å². The molecule has 0 saturated heterocycles. The molecule has 0 saturated carbocycles. The Morgan fingerprint density at radius 3 is 1.66 bits per heavy atom. The Hall–Kier alpha value is -5.66. The third-order valence-electron chi connectivity index (χ3n) is 11.0. The van der Waals surface area contributed by atoms with Gasteiger partial charge in [0.05, 0.1) is 5.41 Å². The summed E-state index contributed by atoms with van der Waals surface area (Å²) in [4.78, 5) is 0. The normalized spacial score (nSPS) is 15.1. The van der Waals surface area contributed by atoms with Crippen LogP contribution < -0.4 is 4.74 Å². The van der Waals surface area contributed by atoms with E-state index in [2.05, 4.69) is 172 Å². The maximum Gasteiger partial charge on any atom is 0.132 e. The third-order valence-corrected chi connectivity index (χ3v) is 11.0. The van der Waals surface area contributed by atoms with Gasteiger partial charge in [0.1, 0.15) is 11.5 Å². The SMILES string of the molecule is CC1(C)c2ccccc2-c2c(-c3cccc(-c4ccc5c(c4)C4(c6ccccc6O5)c5ccccc5-c5ccccc54)c3)cccc21. The van der Waals surface area contributed by atoms with Gasteiger partial charge in [-0.1, -0.05) is 147 Å². The van der Waals surface area contributed by atoms with Crippen LogP contribution >= 0.6 is 0 Å². The maximum atomic E-state index is 6.68.